The van der Waals surface area contributed by atoms with Crippen LogP contribution in [0.2, 0.25) is 0 Å². The number of ketones is 1. The number of fused-ring (bicyclic) bond motifs is 1. The first-order valence-electron chi connectivity index (χ1n) is 5.66. The van der Waals surface area contributed by atoms with Gasteiger partial charge >= 0.3 is 0 Å². The van der Waals surface area contributed by atoms with E-state index in [4.69, 9.17) is 4.74 Å². The van der Waals surface area contributed by atoms with Crippen molar-refractivity contribution in [2.45, 2.75) is 11.8 Å². The topological polar surface area (TPSA) is 38.3 Å². The molecule has 2 fully saturated rings. The number of carbonyl (C=O) groups is 1. The molecule has 16 heavy (non-hydrogen) atoms. The van der Waals surface area contributed by atoms with Gasteiger partial charge in [-0.15, -0.1) is 0 Å². The molecule has 3 heteroatoms. The third-order valence-corrected chi connectivity index (χ3v) is 4.01. The summed E-state index contributed by atoms with van der Waals surface area (Å²) in [7, 11) is 1.66. The van der Waals surface area contributed by atoms with E-state index in [-0.39, 0.29) is 5.41 Å². The van der Waals surface area contributed by atoms with Crippen molar-refractivity contribution < 1.29 is 9.53 Å². The van der Waals surface area contributed by atoms with Crippen LogP contribution in [-0.4, -0.2) is 26.0 Å². The molecule has 0 amide bonds. The zero-order valence-electron chi connectivity index (χ0n) is 9.32. The highest BCUT2D eigenvalue weighted by Gasteiger charge is 2.58. The first-order chi connectivity index (χ1) is 7.77. The van der Waals surface area contributed by atoms with Gasteiger partial charge in [0.15, 0.2) is 0 Å². The standard InChI is InChI=1S/C13H15NO2/c1-16-11-4-2-3-9(5-11)13-8-14-7-10(13)6-12(13)15/h2-5,10,14H,6-8H2,1H3. The number of rotatable bonds is 2. The minimum Gasteiger partial charge on any atom is -0.497 e. The van der Waals surface area contributed by atoms with Crippen LogP contribution in [0.4, 0.5) is 0 Å². The molecule has 1 heterocycles. The Morgan fingerprint density at radius 1 is 1.50 bits per heavy atom. The van der Waals surface area contributed by atoms with Crippen molar-refractivity contribution in [3.05, 3.63) is 29.8 Å². The molecule has 1 aromatic rings. The molecule has 1 saturated carbocycles. The molecular weight excluding hydrogens is 202 g/mol. The zero-order valence-corrected chi connectivity index (χ0v) is 9.32. The molecule has 2 aliphatic rings. The van der Waals surface area contributed by atoms with Gasteiger partial charge in [-0.1, -0.05) is 12.1 Å². The molecule has 84 valence electrons. The van der Waals surface area contributed by atoms with Crippen LogP contribution in [0.1, 0.15) is 12.0 Å². The third kappa shape index (κ3) is 1.09. The lowest BCUT2D eigenvalue weighted by atomic mass is 9.57. The third-order valence-electron chi connectivity index (χ3n) is 4.01. The molecule has 1 aliphatic heterocycles. The zero-order chi connectivity index (χ0) is 11.2. The lowest BCUT2D eigenvalue weighted by Crippen LogP contribution is -2.53. The molecule has 1 aromatic carbocycles. The second-order valence-electron chi connectivity index (χ2n) is 4.66. The Kier molecular flexibility index (Phi) is 2.04. The second kappa shape index (κ2) is 3.32. The number of hydrogen-bond donors (Lipinski definition) is 1. The monoisotopic (exact) mass is 217 g/mol. The summed E-state index contributed by atoms with van der Waals surface area (Å²) in [5.74, 6) is 1.68. The summed E-state index contributed by atoms with van der Waals surface area (Å²) in [4.78, 5) is 12.0. The van der Waals surface area contributed by atoms with Crippen LogP contribution < -0.4 is 10.1 Å². The van der Waals surface area contributed by atoms with E-state index in [2.05, 4.69) is 5.32 Å². The summed E-state index contributed by atoms with van der Waals surface area (Å²) in [5, 5.41) is 3.33. The Morgan fingerprint density at radius 2 is 2.38 bits per heavy atom. The average molecular weight is 217 g/mol. The van der Waals surface area contributed by atoms with E-state index >= 15 is 0 Å². The number of Topliss-reactive ketones (excluding diaryl/α,β-unsaturated/α-hetero) is 1. The van der Waals surface area contributed by atoms with Crippen LogP contribution in [0.15, 0.2) is 24.3 Å². The van der Waals surface area contributed by atoms with Crippen molar-refractivity contribution in [3.8, 4) is 5.75 Å². The van der Waals surface area contributed by atoms with Crippen LogP contribution in [-0.2, 0) is 10.2 Å². The molecule has 2 unspecified atom stereocenters. The Hall–Kier alpha value is -1.35. The van der Waals surface area contributed by atoms with E-state index in [0.29, 0.717) is 11.7 Å². The molecule has 2 atom stereocenters. The van der Waals surface area contributed by atoms with Crippen molar-refractivity contribution in [2.75, 3.05) is 20.2 Å². The van der Waals surface area contributed by atoms with Gasteiger partial charge in [-0.05, 0) is 30.2 Å². The van der Waals surface area contributed by atoms with Gasteiger partial charge in [-0.3, -0.25) is 4.79 Å². The molecule has 3 rings (SSSR count). The van der Waals surface area contributed by atoms with Crippen molar-refractivity contribution >= 4 is 5.78 Å². The largest absolute Gasteiger partial charge is 0.497 e. The van der Waals surface area contributed by atoms with E-state index in [1.807, 2.05) is 24.3 Å². The summed E-state index contributed by atoms with van der Waals surface area (Å²) < 4.78 is 5.22. The van der Waals surface area contributed by atoms with Crippen LogP contribution in [0.3, 0.4) is 0 Å². The van der Waals surface area contributed by atoms with Crippen LogP contribution in [0.25, 0.3) is 0 Å². The van der Waals surface area contributed by atoms with Gasteiger partial charge in [-0.25, -0.2) is 0 Å². The van der Waals surface area contributed by atoms with Crippen LogP contribution in [0, 0.1) is 5.92 Å². The van der Waals surface area contributed by atoms with Gasteiger partial charge in [0.1, 0.15) is 11.5 Å². The molecule has 0 radical (unpaired) electrons. The van der Waals surface area contributed by atoms with E-state index in [1.54, 1.807) is 7.11 Å². The van der Waals surface area contributed by atoms with Gasteiger partial charge in [0, 0.05) is 13.0 Å². The van der Waals surface area contributed by atoms with Crippen LogP contribution >= 0.6 is 0 Å². The normalized spacial score (nSPS) is 32.1. The van der Waals surface area contributed by atoms with E-state index in [0.717, 1.165) is 30.8 Å². The molecule has 0 aromatic heterocycles. The van der Waals surface area contributed by atoms with Gasteiger partial charge in [0.25, 0.3) is 0 Å². The Balaban J connectivity index is 2.04. The molecule has 1 N–H and O–H groups in total. The number of methoxy groups -OCH3 is 1. The lowest BCUT2D eigenvalue weighted by Gasteiger charge is -2.42. The Labute approximate surface area is 94.8 Å². The van der Waals surface area contributed by atoms with Crippen molar-refractivity contribution in [1.82, 2.24) is 5.32 Å². The second-order valence-corrected chi connectivity index (χ2v) is 4.66. The predicted octanol–water partition coefficient (Wildman–Crippen LogP) is 1.13. The molecular formula is C13H15NO2. The smallest absolute Gasteiger partial charge is 0.145 e. The first-order valence-corrected chi connectivity index (χ1v) is 5.66. The predicted molar refractivity (Wildman–Crippen MR) is 60.7 cm³/mol. The summed E-state index contributed by atoms with van der Waals surface area (Å²) >= 11 is 0. The summed E-state index contributed by atoms with van der Waals surface area (Å²) in [6, 6.07) is 7.92. The first kappa shape index (κ1) is 9.85. The van der Waals surface area contributed by atoms with Gasteiger partial charge in [0.05, 0.1) is 12.5 Å². The lowest BCUT2D eigenvalue weighted by molar-refractivity contribution is -0.134. The minimum atomic E-state index is -0.255. The van der Waals surface area contributed by atoms with Crippen LogP contribution in [0.5, 0.6) is 5.75 Å². The summed E-state index contributed by atoms with van der Waals surface area (Å²) in [5.41, 5.74) is 0.854. The highest BCUT2D eigenvalue weighted by atomic mass is 16.5. The summed E-state index contributed by atoms with van der Waals surface area (Å²) in [6.07, 6.45) is 0.726. The molecule has 0 bridgehead atoms. The average Bonchev–Trinajstić information content (AvgIpc) is 2.67. The number of carbonyl (C=O) groups excluding carboxylic acids is 1. The number of benzene rings is 1. The van der Waals surface area contributed by atoms with Gasteiger partial charge in [-0.2, -0.15) is 0 Å². The number of ether oxygens (including phenoxy) is 1. The highest BCUT2D eigenvalue weighted by Crippen LogP contribution is 2.48. The van der Waals surface area contributed by atoms with E-state index < -0.39 is 0 Å². The fourth-order valence-electron chi connectivity index (χ4n) is 3.01. The number of hydrogen-bond acceptors (Lipinski definition) is 3. The Bertz CT molecular complexity index is 443. The summed E-state index contributed by atoms with van der Waals surface area (Å²) in [6.45, 7) is 1.74. The highest BCUT2D eigenvalue weighted by molar-refractivity contribution is 5.98. The quantitative estimate of drug-likeness (QED) is 0.807. The maximum atomic E-state index is 12.0. The van der Waals surface area contributed by atoms with Gasteiger partial charge < -0.3 is 10.1 Å². The van der Waals surface area contributed by atoms with Crippen molar-refractivity contribution in [1.29, 1.82) is 0 Å². The van der Waals surface area contributed by atoms with E-state index in [1.165, 1.54) is 0 Å². The maximum Gasteiger partial charge on any atom is 0.145 e. The fraction of sp³-hybridized carbons (Fsp3) is 0.462. The SMILES string of the molecule is COc1cccc(C23CNCC2CC3=O)c1. The van der Waals surface area contributed by atoms with E-state index in [9.17, 15) is 4.79 Å². The maximum absolute atomic E-state index is 12.0. The molecule has 0 spiro atoms. The van der Waals surface area contributed by atoms with Crippen molar-refractivity contribution in [2.24, 2.45) is 5.92 Å². The minimum absolute atomic E-state index is 0.255. The Morgan fingerprint density at radius 3 is 3.06 bits per heavy atom. The molecule has 3 nitrogen and oxygen atoms in total. The van der Waals surface area contributed by atoms with Crippen molar-refractivity contribution in [3.63, 3.8) is 0 Å². The number of nitrogens with one attached hydrogen (secondary N) is 1. The molecule has 1 saturated heterocycles. The molecule has 1 aliphatic carbocycles. The van der Waals surface area contributed by atoms with Gasteiger partial charge in [0.2, 0.25) is 0 Å². The fourth-order valence-corrected chi connectivity index (χ4v) is 3.01.